The van der Waals surface area contributed by atoms with Gasteiger partial charge in [0.05, 0.1) is 0 Å². The molecule has 0 radical (unpaired) electrons. The van der Waals surface area contributed by atoms with Crippen LogP contribution in [0.25, 0.3) is 0 Å². The van der Waals surface area contributed by atoms with E-state index in [0.29, 0.717) is 0 Å². The van der Waals surface area contributed by atoms with Gasteiger partial charge in [-0.05, 0) is 38.8 Å². The molecule has 0 spiro atoms. The Labute approximate surface area is 89.0 Å². The van der Waals surface area contributed by atoms with E-state index in [1.54, 1.807) is 0 Å². The molecule has 0 bridgehead atoms. The summed E-state index contributed by atoms with van der Waals surface area (Å²) in [5, 5.41) is 3.41. The molecule has 0 aromatic heterocycles. The number of nitrogens with one attached hydrogen (secondary N) is 1. The lowest BCUT2D eigenvalue weighted by Gasteiger charge is -2.05. The van der Waals surface area contributed by atoms with Gasteiger partial charge >= 0.3 is 0 Å². The van der Waals surface area contributed by atoms with Crippen LogP contribution in [0, 0.1) is 18.3 Å². The molecule has 1 nitrogen and oxygen atoms in total. The lowest BCUT2D eigenvalue weighted by Crippen LogP contribution is -2.20. The molecule has 0 saturated carbocycles. The van der Waals surface area contributed by atoms with Crippen molar-refractivity contribution in [2.75, 3.05) is 13.1 Å². The second kappa shape index (κ2) is 8.84. The van der Waals surface area contributed by atoms with Crippen LogP contribution in [0.1, 0.15) is 40.0 Å². The van der Waals surface area contributed by atoms with Crippen molar-refractivity contribution in [2.45, 2.75) is 40.0 Å². The highest BCUT2D eigenvalue weighted by Crippen LogP contribution is 2.03. The van der Waals surface area contributed by atoms with Crippen molar-refractivity contribution < 1.29 is 0 Å². The van der Waals surface area contributed by atoms with E-state index < -0.39 is 0 Å². The van der Waals surface area contributed by atoms with Gasteiger partial charge in [-0.15, -0.1) is 12.3 Å². The van der Waals surface area contributed by atoms with Crippen molar-refractivity contribution in [2.24, 2.45) is 5.92 Å². The van der Waals surface area contributed by atoms with Crippen molar-refractivity contribution >= 4 is 0 Å². The van der Waals surface area contributed by atoms with Gasteiger partial charge in [0.25, 0.3) is 0 Å². The predicted molar refractivity (Wildman–Crippen MR) is 64.1 cm³/mol. The molecule has 0 amide bonds. The van der Waals surface area contributed by atoms with E-state index in [0.717, 1.165) is 38.3 Å². The van der Waals surface area contributed by atoms with Gasteiger partial charge in [-0.3, -0.25) is 0 Å². The van der Waals surface area contributed by atoms with Gasteiger partial charge in [-0.25, -0.2) is 0 Å². The molecule has 0 aromatic rings. The summed E-state index contributed by atoms with van der Waals surface area (Å²) in [6, 6.07) is 0. The lowest BCUT2D eigenvalue weighted by atomic mass is 10.1. The van der Waals surface area contributed by atoms with Crippen molar-refractivity contribution in [1.29, 1.82) is 0 Å². The first-order valence-electron chi connectivity index (χ1n) is 5.46. The third kappa shape index (κ3) is 9.35. The van der Waals surface area contributed by atoms with Gasteiger partial charge in [0.2, 0.25) is 0 Å². The van der Waals surface area contributed by atoms with E-state index in [-0.39, 0.29) is 0 Å². The van der Waals surface area contributed by atoms with Crippen LogP contribution in [0.3, 0.4) is 0 Å². The molecule has 80 valence electrons. The van der Waals surface area contributed by atoms with Crippen LogP contribution >= 0.6 is 0 Å². The monoisotopic (exact) mass is 193 g/mol. The Balaban J connectivity index is 3.37. The maximum absolute atomic E-state index is 5.20. The third-order valence-corrected chi connectivity index (χ3v) is 2.03. The highest BCUT2D eigenvalue weighted by Gasteiger charge is 1.91. The van der Waals surface area contributed by atoms with Crippen LogP contribution in [-0.4, -0.2) is 13.1 Å². The number of hydrogen-bond donors (Lipinski definition) is 1. The molecule has 0 heterocycles. The van der Waals surface area contributed by atoms with Gasteiger partial charge in [-0.2, -0.15) is 0 Å². The zero-order valence-corrected chi connectivity index (χ0v) is 9.77. The fraction of sp³-hybridized carbons (Fsp3) is 0.692. The summed E-state index contributed by atoms with van der Waals surface area (Å²) in [6.07, 6.45) is 10.5. The van der Waals surface area contributed by atoms with E-state index >= 15 is 0 Å². The zero-order valence-electron chi connectivity index (χ0n) is 9.77. The second-order valence-electron chi connectivity index (χ2n) is 4.14. The highest BCUT2D eigenvalue weighted by molar-refractivity contribution is 5.01. The average molecular weight is 193 g/mol. The number of hydrogen-bond acceptors (Lipinski definition) is 1. The third-order valence-electron chi connectivity index (χ3n) is 2.03. The van der Waals surface area contributed by atoms with E-state index in [1.165, 1.54) is 5.57 Å². The van der Waals surface area contributed by atoms with Crippen LogP contribution in [0.15, 0.2) is 11.6 Å². The Bertz CT molecular complexity index is 196. The minimum Gasteiger partial charge on any atom is -0.316 e. The smallest absolute Gasteiger partial charge is 0.0123 e. The van der Waals surface area contributed by atoms with Gasteiger partial charge in [0.1, 0.15) is 0 Å². The summed E-state index contributed by atoms with van der Waals surface area (Å²) < 4.78 is 0. The SMILES string of the molecule is C#CCCC(C)=CCCNCC(C)C. The highest BCUT2D eigenvalue weighted by atomic mass is 14.8. The van der Waals surface area contributed by atoms with Crippen molar-refractivity contribution in [3.05, 3.63) is 11.6 Å². The number of rotatable bonds is 7. The Morgan fingerprint density at radius 2 is 2.21 bits per heavy atom. The molecular formula is C13H23N. The topological polar surface area (TPSA) is 12.0 Å². The summed E-state index contributed by atoms with van der Waals surface area (Å²) in [4.78, 5) is 0. The molecule has 0 aliphatic carbocycles. The van der Waals surface area contributed by atoms with Gasteiger partial charge < -0.3 is 5.32 Å². The molecule has 0 unspecified atom stereocenters. The fourth-order valence-corrected chi connectivity index (χ4v) is 1.18. The molecule has 0 aliphatic heterocycles. The van der Waals surface area contributed by atoms with E-state index in [4.69, 9.17) is 6.42 Å². The standard InChI is InChI=1S/C13H23N/c1-5-6-8-13(4)9-7-10-14-11-12(2)3/h1,9,12,14H,6-8,10-11H2,2-4H3. The Morgan fingerprint density at radius 1 is 1.50 bits per heavy atom. The molecule has 0 atom stereocenters. The van der Waals surface area contributed by atoms with Crippen LogP contribution < -0.4 is 5.32 Å². The first-order chi connectivity index (χ1) is 6.66. The van der Waals surface area contributed by atoms with Crippen molar-refractivity contribution in [1.82, 2.24) is 5.32 Å². The molecule has 0 aromatic carbocycles. The Morgan fingerprint density at radius 3 is 2.79 bits per heavy atom. The molecule has 1 heteroatoms. The maximum atomic E-state index is 5.20. The molecule has 0 aliphatic rings. The number of allylic oxidation sites excluding steroid dienone is 1. The molecule has 14 heavy (non-hydrogen) atoms. The summed E-state index contributed by atoms with van der Waals surface area (Å²) in [5.41, 5.74) is 1.41. The van der Waals surface area contributed by atoms with Crippen LogP contribution in [0.2, 0.25) is 0 Å². The predicted octanol–water partition coefficient (Wildman–Crippen LogP) is 2.98. The first kappa shape index (κ1) is 13.3. The summed E-state index contributed by atoms with van der Waals surface area (Å²) in [5.74, 6) is 3.40. The second-order valence-corrected chi connectivity index (χ2v) is 4.14. The van der Waals surface area contributed by atoms with Crippen LogP contribution in [0.5, 0.6) is 0 Å². The molecule has 1 N–H and O–H groups in total. The molecular weight excluding hydrogens is 170 g/mol. The van der Waals surface area contributed by atoms with E-state index in [9.17, 15) is 0 Å². The van der Waals surface area contributed by atoms with E-state index in [1.807, 2.05) is 0 Å². The Kier molecular flexibility index (Phi) is 8.37. The summed E-state index contributed by atoms with van der Waals surface area (Å²) >= 11 is 0. The van der Waals surface area contributed by atoms with Gasteiger partial charge in [-0.1, -0.05) is 25.5 Å². The van der Waals surface area contributed by atoms with Crippen LogP contribution in [0.4, 0.5) is 0 Å². The van der Waals surface area contributed by atoms with E-state index in [2.05, 4.69) is 38.1 Å². The molecule has 0 saturated heterocycles. The quantitative estimate of drug-likeness (QED) is 0.372. The first-order valence-corrected chi connectivity index (χ1v) is 5.46. The minimum atomic E-state index is 0.738. The summed E-state index contributed by atoms with van der Waals surface area (Å²) in [7, 11) is 0. The van der Waals surface area contributed by atoms with Crippen molar-refractivity contribution in [3.8, 4) is 12.3 Å². The fourth-order valence-electron chi connectivity index (χ4n) is 1.18. The number of terminal acetylenes is 1. The van der Waals surface area contributed by atoms with Gasteiger partial charge in [0, 0.05) is 6.42 Å². The summed E-state index contributed by atoms with van der Waals surface area (Å²) in [6.45, 7) is 8.78. The Hall–Kier alpha value is -0.740. The molecule has 0 rings (SSSR count). The lowest BCUT2D eigenvalue weighted by molar-refractivity contribution is 0.556. The minimum absolute atomic E-state index is 0.738. The molecule has 0 fully saturated rings. The average Bonchev–Trinajstić information content (AvgIpc) is 2.13. The van der Waals surface area contributed by atoms with Crippen molar-refractivity contribution in [3.63, 3.8) is 0 Å². The largest absolute Gasteiger partial charge is 0.316 e. The normalized spacial score (nSPS) is 11.8. The van der Waals surface area contributed by atoms with Gasteiger partial charge in [0.15, 0.2) is 0 Å². The van der Waals surface area contributed by atoms with Crippen LogP contribution in [-0.2, 0) is 0 Å². The maximum Gasteiger partial charge on any atom is 0.0123 e. The zero-order chi connectivity index (χ0) is 10.8.